The maximum atomic E-state index is 9.42. The van der Waals surface area contributed by atoms with Crippen molar-refractivity contribution in [3.05, 3.63) is 11.7 Å². The third-order valence-corrected chi connectivity index (χ3v) is 3.51. The van der Waals surface area contributed by atoms with Gasteiger partial charge in [-0.05, 0) is 19.8 Å². The Balaban J connectivity index is 2.00. The van der Waals surface area contributed by atoms with Crippen LogP contribution in [0.2, 0.25) is 0 Å². The fourth-order valence-electron chi connectivity index (χ4n) is 2.52. The standard InChI is InChI=1S/C12H21N3O3/c1-9-4-3-5-10(7-16)15(9)6-12-13-11(8-17-2)14-18-12/h9-10,16H,3-8H2,1-2H3. The van der Waals surface area contributed by atoms with E-state index >= 15 is 0 Å². The lowest BCUT2D eigenvalue weighted by atomic mass is 9.97. The van der Waals surface area contributed by atoms with E-state index in [0.29, 0.717) is 30.9 Å². The molecule has 18 heavy (non-hydrogen) atoms. The number of methoxy groups -OCH3 is 1. The summed E-state index contributed by atoms with van der Waals surface area (Å²) in [5, 5.41) is 13.3. The highest BCUT2D eigenvalue weighted by Gasteiger charge is 2.28. The van der Waals surface area contributed by atoms with E-state index in [1.54, 1.807) is 7.11 Å². The lowest BCUT2D eigenvalue weighted by molar-refractivity contribution is 0.0370. The van der Waals surface area contributed by atoms with Crippen molar-refractivity contribution in [2.24, 2.45) is 0 Å². The molecule has 1 aromatic rings. The highest BCUT2D eigenvalue weighted by Crippen LogP contribution is 2.24. The number of hydrogen-bond donors (Lipinski definition) is 1. The van der Waals surface area contributed by atoms with Crippen molar-refractivity contribution in [3.8, 4) is 0 Å². The number of nitrogens with zero attached hydrogens (tertiary/aromatic N) is 3. The van der Waals surface area contributed by atoms with Gasteiger partial charge in [0.2, 0.25) is 5.89 Å². The third kappa shape index (κ3) is 3.07. The van der Waals surface area contributed by atoms with E-state index in [1.165, 1.54) is 6.42 Å². The summed E-state index contributed by atoms with van der Waals surface area (Å²) in [4.78, 5) is 6.51. The van der Waals surface area contributed by atoms with Crippen molar-refractivity contribution in [1.29, 1.82) is 0 Å². The minimum absolute atomic E-state index is 0.184. The Morgan fingerprint density at radius 3 is 3.06 bits per heavy atom. The van der Waals surface area contributed by atoms with Gasteiger partial charge in [-0.3, -0.25) is 4.90 Å². The molecule has 1 aliphatic heterocycles. The summed E-state index contributed by atoms with van der Waals surface area (Å²) in [5.74, 6) is 1.16. The fourth-order valence-corrected chi connectivity index (χ4v) is 2.52. The zero-order valence-electron chi connectivity index (χ0n) is 11.0. The SMILES string of the molecule is COCc1noc(CN2C(C)CCCC2CO)n1. The van der Waals surface area contributed by atoms with Crippen LogP contribution in [0.4, 0.5) is 0 Å². The van der Waals surface area contributed by atoms with Gasteiger partial charge in [-0.25, -0.2) is 0 Å². The minimum Gasteiger partial charge on any atom is -0.395 e. The van der Waals surface area contributed by atoms with Crippen molar-refractivity contribution >= 4 is 0 Å². The lowest BCUT2D eigenvalue weighted by Crippen LogP contribution is -2.46. The van der Waals surface area contributed by atoms with Gasteiger partial charge in [-0.2, -0.15) is 4.98 Å². The molecule has 1 saturated heterocycles. The Labute approximate surface area is 107 Å². The molecule has 6 heteroatoms. The van der Waals surface area contributed by atoms with Gasteiger partial charge in [0.05, 0.1) is 13.2 Å². The van der Waals surface area contributed by atoms with Crippen molar-refractivity contribution in [3.63, 3.8) is 0 Å². The van der Waals surface area contributed by atoms with Crippen molar-refractivity contribution in [1.82, 2.24) is 15.0 Å². The Morgan fingerprint density at radius 1 is 1.50 bits per heavy atom. The molecule has 0 amide bonds. The second-order valence-electron chi connectivity index (χ2n) is 4.83. The first-order valence-corrected chi connectivity index (χ1v) is 6.41. The predicted molar refractivity (Wildman–Crippen MR) is 64.7 cm³/mol. The predicted octanol–water partition coefficient (Wildman–Crippen LogP) is 0.951. The molecular weight excluding hydrogens is 234 g/mol. The first kappa shape index (κ1) is 13.5. The van der Waals surface area contributed by atoms with Gasteiger partial charge in [0, 0.05) is 19.2 Å². The maximum Gasteiger partial charge on any atom is 0.240 e. The zero-order valence-corrected chi connectivity index (χ0v) is 11.0. The Morgan fingerprint density at radius 2 is 2.33 bits per heavy atom. The molecule has 1 fully saturated rings. The van der Waals surface area contributed by atoms with Crippen molar-refractivity contribution < 1.29 is 14.4 Å². The molecule has 0 aromatic carbocycles. The van der Waals surface area contributed by atoms with Gasteiger partial charge in [0.25, 0.3) is 0 Å². The van der Waals surface area contributed by atoms with Gasteiger partial charge in [-0.1, -0.05) is 11.6 Å². The number of piperidine rings is 1. The molecule has 6 nitrogen and oxygen atoms in total. The summed E-state index contributed by atoms with van der Waals surface area (Å²) in [6.07, 6.45) is 3.34. The summed E-state index contributed by atoms with van der Waals surface area (Å²) in [7, 11) is 1.60. The van der Waals surface area contributed by atoms with E-state index in [0.717, 1.165) is 12.8 Å². The highest BCUT2D eigenvalue weighted by molar-refractivity contribution is 4.89. The molecule has 2 unspecified atom stereocenters. The van der Waals surface area contributed by atoms with E-state index < -0.39 is 0 Å². The summed E-state index contributed by atoms with van der Waals surface area (Å²) in [6, 6.07) is 0.639. The normalized spacial score (nSPS) is 25.5. The smallest absolute Gasteiger partial charge is 0.240 e. The van der Waals surface area contributed by atoms with E-state index in [1.807, 2.05) is 0 Å². The molecule has 1 aromatic heterocycles. The minimum atomic E-state index is 0.184. The first-order valence-electron chi connectivity index (χ1n) is 6.41. The number of hydrogen-bond acceptors (Lipinski definition) is 6. The van der Waals surface area contributed by atoms with Crippen LogP contribution in [0.5, 0.6) is 0 Å². The van der Waals surface area contributed by atoms with Crippen LogP contribution in [0.1, 0.15) is 37.9 Å². The van der Waals surface area contributed by atoms with E-state index in [4.69, 9.17) is 9.26 Å². The molecule has 1 N–H and O–H groups in total. The van der Waals surface area contributed by atoms with Crippen LogP contribution < -0.4 is 0 Å². The summed E-state index contributed by atoms with van der Waals surface area (Å²) < 4.78 is 10.2. The highest BCUT2D eigenvalue weighted by atomic mass is 16.5. The number of aliphatic hydroxyl groups is 1. The summed E-state index contributed by atoms with van der Waals surface area (Å²) in [6.45, 7) is 3.32. The molecule has 2 rings (SSSR count). The monoisotopic (exact) mass is 255 g/mol. The van der Waals surface area contributed by atoms with Crippen LogP contribution in [0.15, 0.2) is 4.52 Å². The van der Waals surface area contributed by atoms with Gasteiger partial charge in [-0.15, -0.1) is 0 Å². The maximum absolute atomic E-state index is 9.42. The Bertz CT molecular complexity index is 369. The number of likely N-dealkylation sites (tertiary alicyclic amines) is 1. The Hall–Kier alpha value is -0.980. The lowest BCUT2D eigenvalue weighted by Gasteiger charge is -2.38. The summed E-state index contributed by atoms with van der Waals surface area (Å²) in [5.41, 5.74) is 0. The van der Waals surface area contributed by atoms with Crippen molar-refractivity contribution in [2.45, 2.75) is 51.4 Å². The van der Waals surface area contributed by atoms with Crippen LogP contribution in [0.3, 0.4) is 0 Å². The molecule has 0 radical (unpaired) electrons. The largest absolute Gasteiger partial charge is 0.395 e. The fraction of sp³-hybridized carbons (Fsp3) is 0.833. The quantitative estimate of drug-likeness (QED) is 0.844. The van der Waals surface area contributed by atoms with Gasteiger partial charge in [0.1, 0.15) is 6.61 Å². The topological polar surface area (TPSA) is 71.6 Å². The molecule has 1 aliphatic rings. The van der Waals surface area contributed by atoms with Gasteiger partial charge in [0.15, 0.2) is 5.82 Å². The molecule has 0 spiro atoms. The average molecular weight is 255 g/mol. The molecule has 102 valence electrons. The number of aromatic nitrogens is 2. The molecule has 2 atom stereocenters. The number of aliphatic hydroxyl groups excluding tert-OH is 1. The van der Waals surface area contributed by atoms with Gasteiger partial charge < -0.3 is 14.4 Å². The summed E-state index contributed by atoms with van der Waals surface area (Å²) >= 11 is 0. The van der Waals surface area contributed by atoms with Crippen LogP contribution in [-0.2, 0) is 17.9 Å². The molecule has 0 aliphatic carbocycles. The number of ether oxygens (including phenoxy) is 1. The van der Waals surface area contributed by atoms with Crippen LogP contribution in [0, 0.1) is 0 Å². The molecule has 0 bridgehead atoms. The number of rotatable bonds is 5. The molecule has 2 heterocycles. The van der Waals surface area contributed by atoms with Crippen molar-refractivity contribution in [2.75, 3.05) is 13.7 Å². The zero-order chi connectivity index (χ0) is 13.0. The van der Waals surface area contributed by atoms with Crippen LogP contribution in [-0.4, -0.2) is 45.9 Å². The first-order chi connectivity index (χ1) is 8.74. The van der Waals surface area contributed by atoms with E-state index in [-0.39, 0.29) is 12.6 Å². The van der Waals surface area contributed by atoms with Gasteiger partial charge >= 0.3 is 0 Å². The second kappa shape index (κ2) is 6.26. The van der Waals surface area contributed by atoms with Crippen LogP contribution in [0.25, 0.3) is 0 Å². The average Bonchev–Trinajstić information content (AvgIpc) is 2.80. The third-order valence-electron chi connectivity index (χ3n) is 3.51. The van der Waals surface area contributed by atoms with E-state index in [2.05, 4.69) is 22.0 Å². The Kier molecular flexibility index (Phi) is 4.68. The van der Waals surface area contributed by atoms with E-state index in [9.17, 15) is 5.11 Å². The molecular formula is C12H21N3O3. The van der Waals surface area contributed by atoms with Crippen LogP contribution >= 0.6 is 0 Å². The molecule has 0 saturated carbocycles. The second-order valence-corrected chi connectivity index (χ2v) is 4.83.